The first-order valence-corrected chi connectivity index (χ1v) is 8.45. The Balaban J connectivity index is 1.76. The van der Waals surface area contributed by atoms with Crippen LogP contribution in [0.5, 0.6) is 5.75 Å². The van der Waals surface area contributed by atoms with E-state index in [4.69, 9.17) is 9.47 Å². The van der Waals surface area contributed by atoms with Crippen molar-refractivity contribution in [2.24, 2.45) is 5.92 Å². The number of halogens is 2. The van der Waals surface area contributed by atoms with E-state index in [-0.39, 0.29) is 10.7 Å². The number of carbonyl (C=O) groups excluding carboxylic acids is 1. The maximum atomic E-state index is 13.4. The number of likely N-dealkylation sites (tertiary alicyclic amines) is 1. The van der Waals surface area contributed by atoms with Gasteiger partial charge in [0.15, 0.2) is 5.82 Å². The van der Waals surface area contributed by atoms with Gasteiger partial charge in [0, 0.05) is 19.2 Å². The van der Waals surface area contributed by atoms with Crippen molar-refractivity contribution in [3.8, 4) is 5.75 Å². The van der Waals surface area contributed by atoms with Crippen molar-refractivity contribution in [2.75, 3.05) is 19.7 Å². The largest absolute Gasteiger partial charge is 0.492 e. The average molecular weight is 389 g/mol. The lowest BCUT2D eigenvalue weighted by Crippen LogP contribution is -2.42. The zero-order valence-corrected chi connectivity index (χ0v) is 15.2. The van der Waals surface area contributed by atoms with Gasteiger partial charge in [-0.25, -0.2) is 14.2 Å². The molecule has 0 bridgehead atoms. The summed E-state index contributed by atoms with van der Waals surface area (Å²) in [5.74, 6) is 0.308. The van der Waals surface area contributed by atoms with Crippen LogP contribution in [0.1, 0.15) is 33.6 Å². The molecule has 1 aromatic rings. The van der Waals surface area contributed by atoms with E-state index < -0.39 is 11.4 Å². The molecule has 0 unspecified atom stereocenters. The first-order valence-electron chi connectivity index (χ1n) is 7.66. The summed E-state index contributed by atoms with van der Waals surface area (Å²) < 4.78 is 24.5. The average Bonchev–Trinajstić information content (AvgIpc) is 2.47. The molecule has 0 spiro atoms. The summed E-state index contributed by atoms with van der Waals surface area (Å²) in [6.45, 7) is 7.36. The van der Waals surface area contributed by atoms with Crippen LogP contribution in [0.3, 0.4) is 0 Å². The Kier molecular flexibility index (Phi) is 5.84. The molecule has 1 amide bonds. The Morgan fingerprint density at radius 1 is 1.43 bits per heavy atom. The van der Waals surface area contributed by atoms with Crippen LogP contribution in [0.25, 0.3) is 0 Å². The number of pyridine rings is 1. The molecule has 2 rings (SSSR count). The van der Waals surface area contributed by atoms with Crippen LogP contribution in [-0.4, -0.2) is 41.3 Å². The zero-order valence-electron chi connectivity index (χ0n) is 13.6. The predicted octanol–water partition coefficient (Wildman–Crippen LogP) is 4.01. The second kappa shape index (κ2) is 7.47. The summed E-state index contributed by atoms with van der Waals surface area (Å²) in [5.41, 5.74) is -0.476. The number of ether oxygens (including phenoxy) is 2. The Morgan fingerprint density at radius 3 is 2.65 bits per heavy atom. The summed E-state index contributed by atoms with van der Waals surface area (Å²) in [5, 5.41) is 0. The van der Waals surface area contributed by atoms with Crippen LogP contribution >= 0.6 is 15.9 Å². The van der Waals surface area contributed by atoms with Crippen molar-refractivity contribution in [1.82, 2.24) is 9.88 Å². The monoisotopic (exact) mass is 388 g/mol. The molecule has 0 aromatic carbocycles. The number of nitrogens with zero attached hydrogens (tertiary/aromatic N) is 2. The van der Waals surface area contributed by atoms with Crippen LogP contribution in [0.2, 0.25) is 0 Å². The fraction of sp³-hybridized carbons (Fsp3) is 0.625. The Hall–Kier alpha value is -1.37. The molecule has 1 aliphatic heterocycles. The normalized spacial score (nSPS) is 16.3. The lowest BCUT2D eigenvalue weighted by molar-refractivity contribution is 0.0165. The van der Waals surface area contributed by atoms with E-state index in [1.54, 1.807) is 4.90 Å². The molecule has 128 valence electrons. The fourth-order valence-corrected chi connectivity index (χ4v) is 2.52. The third kappa shape index (κ3) is 5.64. The van der Waals surface area contributed by atoms with Gasteiger partial charge < -0.3 is 14.4 Å². The minimum Gasteiger partial charge on any atom is -0.492 e. The molecule has 0 aliphatic carbocycles. The standard InChI is InChI=1S/C16H22BrFN2O3/c1-16(2,3)23-15(21)20-6-4-11(5-7-20)10-22-12-8-13(18)14(17)19-9-12/h8-9,11H,4-7,10H2,1-3H3. The van der Waals surface area contributed by atoms with E-state index in [1.807, 2.05) is 20.8 Å². The minimum absolute atomic E-state index is 0.176. The molecular formula is C16H22BrFN2O3. The van der Waals surface area contributed by atoms with Crippen LogP contribution in [0.4, 0.5) is 9.18 Å². The van der Waals surface area contributed by atoms with Gasteiger partial charge in [-0.3, -0.25) is 0 Å². The second-order valence-electron chi connectivity index (χ2n) is 6.67. The maximum absolute atomic E-state index is 13.4. The number of carbonyl (C=O) groups is 1. The first-order chi connectivity index (χ1) is 10.7. The quantitative estimate of drug-likeness (QED) is 0.734. The molecule has 1 fully saturated rings. The molecule has 0 N–H and O–H groups in total. The number of aromatic nitrogens is 1. The summed E-state index contributed by atoms with van der Waals surface area (Å²) in [7, 11) is 0. The fourth-order valence-electron chi connectivity index (χ4n) is 2.31. The molecule has 0 atom stereocenters. The zero-order chi connectivity index (χ0) is 17.0. The highest BCUT2D eigenvalue weighted by Crippen LogP contribution is 2.22. The minimum atomic E-state index is -0.476. The highest BCUT2D eigenvalue weighted by molar-refractivity contribution is 9.10. The van der Waals surface area contributed by atoms with Crippen molar-refractivity contribution in [2.45, 2.75) is 39.2 Å². The van der Waals surface area contributed by atoms with Crippen LogP contribution in [-0.2, 0) is 4.74 Å². The smallest absolute Gasteiger partial charge is 0.410 e. The molecule has 23 heavy (non-hydrogen) atoms. The van der Waals surface area contributed by atoms with Gasteiger partial charge in [0.1, 0.15) is 16.0 Å². The van der Waals surface area contributed by atoms with Gasteiger partial charge in [-0.15, -0.1) is 0 Å². The van der Waals surface area contributed by atoms with E-state index in [1.165, 1.54) is 12.3 Å². The number of amides is 1. The van der Waals surface area contributed by atoms with E-state index in [0.717, 1.165) is 12.8 Å². The van der Waals surface area contributed by atoms with Crippen LogP contribution in [0.15, 0.2) is 16.9 Å². The van der Waals surface area contributed by atoms with Crippen molar-refractivity contribution in [1.29, 1.82) is 0 Å². The van der Waals surface area contributed by atoms with Crippen LogP contribution < -0.4 is 4.74 Å². The molecular weight excluding hydrogens is 367 g/mol. The Morgan fingerprint density at radius 2 is 2.09 bits per heavy atom. The van der Waals surface area contributed by atoms with E-state index >= 15 is 0 Å². The van der Waals surface area contributed by atoms with Crippen molar-refractivity contribution >= 4 is 22.0 Å². The predicted molar refractivity (Wildman–Crippen MR) is 87.9 cm³/mol. The summed E-state index contributed by atoms with van der Waals surface area (Å²) in [6, 6.07) is 1.31. The van der Waals surface area contributed by atoms with E-state index in [2.05, 4.69) is 20.9 Å². The molecule has 7 heteroatoms. The third-order valence-electron chi connectivity index (χ3n) is 3.52. The molecule has 2 heterocycles. The van der Waals surface area contributed by atoms with Gasteiger partial charge in [-0.1, -0.05) is 0 Å². The molecule has 1 aliphatic rings. The second-order valence-corrected chi connectivity index (χ2v) is 7.42. The molecule has 0 radical (unpaired) electrons. The Labute approximate surface area is 144 Å². The molecule has 1 saturated heterocycles. The highest BCUT2D eigenvalue weighted by atomic mass is 79.9. The first kappa shape index (κ1) is 18.0. The molecule has 1 aromatic heterocycles. The van der Waals surface area contributed by atoms with Crippen molar-refractivity contribution in [3.05, 3.63) is 22.7 Å². The van der Waals surface area contributed by atoms with E-state index in [9.17, 15) is 9.18 Å². The summed E-state index contributed by atoms with van der Waals surface area (Å²) in [6.07, 6.45) is 2.90. The van der Waals surface area contributed by atoms with Crippen LogP contribution in [0, 0.1) is 11.7 Å². The summed E-state index contributed by atoms with van der Waals surface area (Å²) in [4.78, 5) is 17.6. The Bertz CT molecular complexity index is 555. The maximum Gasteiger partial charge on any atom is 0.410 e. The van der Waals surface area contributed by atoms with E-state index in [0.29, 0.717) is 31.4 Å². The summed E-state index contributed by atoms with van der Waals surface area (Å²) >= 11 is 3.01. The van der Waals surface area contributed by atoms with Gasteiger partial charge in [-0.05, 0) is 55.5 Å². The SMILES string of the molecule is CC(C)(C)OC(=O)N1CCC(COc2cnc(Br)c(F)c2)CC1. The number of hydrogen-bond donors (Lipinski definition) is 0. The lowest BCUT2D eigenvalue weighted by atomic mass is 9.98. The third-order valence-corrected chi connectivity index (χ3v) is 4.11. The van der Waals surface area contributed by atoms with Gasteiger partial charge >= 0.3 is 6.09 Å². The van der Waals surface area contributed by atoms with Gasteiger partial charge in [-0.2, -0.15) is 0 Å². The number of rotatable bonds is 3. The van der Waals surface area contributed by atoms with Gasteiger partial charge in [0.2, 0.25) is 0 Å². The highest BCUT2D eigenvalue weighted by Gasteiger charge is 2.27. The lowest BCUT2D eigenvalue weighted by Gasteiger charge is -2.33. The van der Waals surface area contributed by atoms with Gasteiger partial charge in [0.25, 0.3) is 0 Å². The van der Waals surface area contributed by atoms with Crippen molar-refractivity contribution in [3.63, 3.8) is 0 Å². The number of hydrogen-bond acceptors (Lipinski definition) is 4. The topological polar surface area (TPSA) is 51.7 Å². The molecule has 0 saturated carbocycles. The van der Waals surface area contributed by atoms with Crippen molar-refractivity contribution < 1.29 is 18.7 Å². The molecule has 5 nitrogen and oxygen atoms in total. The number of piperidine rings is 1. The van der Waals surface area contributed by atoms with Gasteiger partial charge in [0.05, 0.1) is 12.8 Å².